The van der Waals surface area contributed by atoms with Crippen LogP contribution >= 0.6 is 11.8 Å². The molecule has 80 valence electrons. The summed E-state index contributed by atoms with van der Waals surface area (Å²) in [4.78, 5) is 0. The van der Waals surface area contributed by atoms with Crippen LogP contribution in [0.25, 0.3) is 0 Å². The molecule has 0 aromatic rings. The molecule has 2 nitrogen and oxygen atoms in total. The summed E-state index contributed by atoms with van der Waals surface area (Å²) in [5.41, 5.74) is 0. The number of unbranched alkanes of at least 4 members (excludes halogenated alkanes) is 2. The molecule has 1 unspecified atom stereocenters. The SMILES string of the molecule is CSC(C)CCNCCCCCO. The zero-order valence-corrected chi connectivity index (χ0v) is 9.70. The van der Waals surface area contributed by atoms with Gasteiger partial charge in [-0.1, -0.05) is 6.92 Å². The van der Waals surface area contributed by atoms with E-state index in [-0.39, 0.29) is 0 Å². The normalized spacial score (nSPS) is 13.2. The van der Waals surface area contributed by atoms with Crippen molar-refractivity contribution in [2.24, 2.45) is 0 Å². The van der Waals surface area contributed by atoms with Gasteiger partial charge in [0.25, 0.3) is 0 Å². The fourth-order valence-corrected chi connectivity index (χ4v) is 1.44. The van der Waals surface area contributed by atoms with Crippen molar-refractivity contribution < 1.29 is 5.11 Å². The highest BCUT2D eigenvalue weighted by molar-refractivity contribution is 7.99. The van der Waals surface area contributed by atoms with Crippen LogP contribution in [0.15, 0.2) is 0 Å². The Balaban J connectivity index is 2.91. The summed E-state index contributed by atoms with van der Waals surface area (Å²) in [5, 5.41) is 12.7. The van der Waals surface area contributed by atoms with E-state index in [9.17, 15) is 0 Å². The van der Waals surface area contributed by atoms with Crippen LogP contribution in [0.1, 0.15) is 32.6 Å². The molecule has 0 amide bonds. The third-order valence-corrected chi connectivity index (χ3v) is 3.18. The fourth-order valence-electron chi connectivity index (χ4n) is 1.09. The standard InChI is InChI=1S/C10H23NOS/c1-10(13-2)6-8-11-7-4-3-5-9-12/h10-12H,3-9H2,1-2H3. The first-order valence-electron chi connectivity index (χ1n) is 5.15. The third-order valence-electron chi connectivity index (χ3n) is 2.14. The van der Waals surface area contributed by atoms with E-state index in [4.69, 9.17) is 5.11 Å². The zero-order valence-electron chi connectivity index (χ0n) is 8.88. The second kappa shape index (κ2) is 10.4. The van der Waals surface area contributed by atoms with Crippen LogP contribution in [-0.4, -0.2) is 36.3 Å². The fraction of sp³-hybridized carbons (Fsp3) is 1.00. The molecule has 0 spiro atoms. The van der Waals surface area contributed by atoms with Crippen LogP contribution in [0.5, 0.6) is 0 Å². The Hall–Kier alpha value is 0.270. The van der Waals surface area contributed by atoms with Crippen LogP contribution in [0, 0.1) is 0 Å². The topological polar surface area (TPSA) is 32.3 Å². The van der Waals surface area contributed by atoms with Gasteiger partial charge in [0.1, 0.15) is 0 Å². The molecule has 0 heterocycles. The van der Waals surface area contributed by atoms with Crippen molar-refractivity contribution in [1.82, 2.24) is 5.32 Å². The van der Waals surface area contributed by atoms with Gasteiger partial charge < -0.3 is 10.4 Å². The molecule has 0 radical (unpaired) electrons. The lowest BCUT2D eigenvalue weighted by Crippen LogP contribution is -2.19. The smallest absolute Gasteiger partial charge is 0.0431 e. The molecule has 0 aliphatic carbocycles. The molecule has 3 heteroatoms. The zero-order chi connectivity index (χ0) is 9.94. The van der Waals surface area contributed by atoms with Crippen LogP contribution in [0.2, 0.25) is 0 Å². The highest BCUT2D eigenvalue weighted by Gasteiger charge is 1.97. The third kappa shape index (κ3) is 10.2. The average molecular weight is 205 g/mol. The monoisotopic (exact) mass is 205 g/mol. The van der Waals surface area contributed by atoms with Crippen molar-refractivity contribution in [2.75, 3.05) is 26.0 Å². The maximum Gasteiger partial charge on any atom is 0.0431 e. The highest BCUT2D eigenvalue weighted by Crippen LogP contribution is 2.07. The number of aliphatic hydroxyl groups excluding tert-OH is 1. The number of hydrogen-bond donors (Lipinski definition) is 2. The van der Waals surface area contributed by atoms with Crippen LogP contribution in [0.4, 0.5) is 0 Å². The Labute approximate surface area is 86.5 Å². The molecule has 1 atom stereocenters. The molecule has 0 aromatic carbocycles. The van der Waals surface area contributed by atoms with Crippen molar-refractivity contribution in [2.45, 2.75) is 37.9 Å². The molecule has 0 saturated heterocycles. The maximum absolute atomic E-state index is 8.55. The summed E-state index contributed by atoms with van der Waals surface area (Å²) in [6.07, 6.45) is 6.69. The van der Waals surface area contributed by atoms with Gasteiger partial charge in [-0.25, -0.2) is 0 Å². The van der Waals surface area contributed by atoms with Crippen molar-refractivity contribution >= 4 is 11.8 Å². The Bertz CT molecular complexity index is 101. The van der Waals surface area contributed by atoms with E-state index < -0.39 is 0 Å². The molecule has 0 aromatic heterocycles. The quantitative estimate of drug-likeness (QED) is 0.564. The predicted molar refractivity (Wildman–Crippen MR) is 61.4 cm³/mol. The second-order valence-electron chi connectivity index (χ2n) is 3.37. The molecule has 0 fully saturated rings. The van der Waals surface area contributed by atoms with E-state index in [1.165, 1.54) is 12.8 Å². The first-order chi connectivity index (χ1) is 6.31. The van der Waals surface area contributed by atoms with E-state index in [1.807, 2.05) is 11.8 Å². The highest BCUT2D eigenvalue weighted by atomic mass is 32.2. The number of hydrogen-bond acceptors (Lipinski definition) is 3. The Morgan fingerprint density at radius 3 is 2.62 bits per heavy atom. The minimum absolute atomic E-state index is 0.337. The minimum atomic E-state index is 0.337. The van der Waals surface area contributed by atoms with Gasteiger partial charge in [0.15, 0.2) is 0 Å². The van der Waals surface area contributed by atoms with E-state index in [0.717, 1.165) is 31.2 Å². The lowest BCUT2D eigenvalue weighted by Gasteiger charge is -2.08. The van der Waals surface area contributed by atoms with Gasteiger partial charge in [-0.2, -0.15) is 11.8 Å². The summed E-state index contributed by atoms with van der Waals surface area (Å²) in [7, 11) is 0. The molecular weight excluding hydrogens is 182 g/mol. The van der Waals surface area contributed by atoms with Gasteiger partial charge in [0.05, 0.1) is 0 Å². The lowest BCUT2D eigenvalue weighted by molar-refractivity contribution is 0.283. The summed E-state index contributed by atoms with van der Waals surface area (Å²) in [5.74, 6) is 0. The molecule has 0 rings (SSSR count). The summed E-state index contributed by atoms with van der Waals surface area (Å²) in [6.45, 7) is 4.82. The van der Waals surface area contributed by atoms with E-state index in [0.29, 0.717) is 6.61 Å². The van der Waals surface area contributed by atoms with E-state index >= 15 is 0 Å². The van der Waals surface area contributed by atoms with Gasteiger partial charge >= 0.3 is 0 Å². The van der Waals surface area contributed by atoms with Crippen molar-refractivity contribution in [1.29, 1.82) is 0 Å². The Morgan fingerprint density at radius 2 is 2.00 bits per heavy atom. The van der Waals surface area contributed by atoms with Crippen LogP contribution in [0.3, 0.4) is 0 Å². The van der Waals surface area contributed by atoms with E-state index in [1.54, 1.807) is 0 Å². The lowest BCUT2D eigenvalue weighted by atomic mass is 10.2. The van der Waals surface area contributed by atoms with Crippen molar-refractivity contribution in [3.8, 4) is 0 Å². The second-order valence-corrected chi connectivity index (χ2v) is 4.65. The maximum atomic E-state index is 8.55. The number of thioether (sulfide) groups is 1. The Kier molecular flexibility index (Phi) is 10.6. The first-order valence-corrected chi connectivity index (χ1v) is 6.44. The Morgan fingerprint density at radius 1 is 1.23 bits per heavy atom. The van der Waals surface area contributed by atoms with Gasteiger partial charge in [-0.15, -0.1) is 0 Å². The molecular formula is C10H23NOS. The van der Waals surface area contributed by atoms with E-state index in [2.05, 4.69) is 18.5 Å². The molecule has 0 aliphatic heterocycles. The molecule has 0 bridgehead atoms. The molecule has 0 aliphatic rings. The molecule has 2 N–H and O–H groups in total. The van der Waals surface area contributed by atoms with Crippen molar-refractivity contribution in [3.63, 3.8) is 0 Å². The van der Waals surface area contributed by atoms with Crippen molar-refractivity contribution in [3.05, 3.63) is 0 Å². The minimum Gasteiger partial charge on any atom is -0.396 e. The average Bonchev–Trinajstić information content (AvgIpc) is 2.16. The van der Waals surface area contributed by atoms with Gasteiger partial charge in [0, 0.05) is 11.9 Å². The first kappa shape index (κ1) is 13.3. The van der Waals surface area contributed by atoms with Gasteiger partial charge in [0.2, 0.25) is 0 Å². The number of rotatable bonds is 9. The molecule has 0 saturated carbocycles. The predicted octanol–water partition coefficient (Wildman–Crippen LogP) is 1.88. The number of aliphatic hydroxyl groups is 1. The summed E-state index contributed by atoms with van der Waals surface area (Å²) >= 11 is 1.92. The summed E-state index contributed by atoms with van der Waals surface area (Å²) in [6, 6.07) is 0. The van der Waals surface area contributed by atoms with Crippen LogP contribution < -0.4 is 5.32 Å². The van der Waals surface area contributed by atoms with Gasteiger partial charge in [-0.05, 0) is 45.0 Å². The largest absolute Gasteiger partial charge is 0.396 e. The van der Waals surface area contributed by atoms with Crippen LogP contribution in [-0.2, 0) is 0 Å². The molecule has 13 heavy (non-hydrogen) atoms. The summed E-state index contributed by atoms with van der Waals surface area (Å²) < 4.78 is 0. The van der Waals surface area contributed by atoms with Gasteiger partial charge in [-0.3, -0.25) is 0 Å². The number of nitrogens with one attached hydrogen (secondary N) is 1.